The summed E-state index contributed by atoms with van der Waals surface area (Å²) in [7, 11) is 0. The number of benzene rings is 1. The first kappa shape index (κ1) is 17.0. The number of amides is 1. The van der Waals surface area contributed by atoms with Crippen LogP contribution in [0.3, 0.4) is 0 Å². The Bertz CT molecular complexity index is 449. The minimum absolute atomic E-state index is 0.191. The average molecular weight is 302 g/mol. The van der Waals surface area contributed by atoms with Crippen LogP contribution in [0, 0.1) is 12.8 Å². The molecular formula is C19H30N2O. The number of nitrogens with one attached hydrogen (secondary N) is 2. The predicted octanol–water partition coefficient (Wildman–Crippen LogP) is 3.38. The van der Waals surface area contributed by atoms with E-state index in [0.717, 1.165) is 38.4 Å². The van der Waals surface area contributed by atoms with Gasteiger partial charge in [-0.1, -0.05) is 36.8 Å². The van der Waals surface area contributed by atoms with Crippen molar-refractivity contribution in [2.24, 2.45) is 5.92 Å². The van der Waals surface area contributed by atoms with Crippen molar-refractivity contribution in [1.29, 1.82) is 0 Å². The van der Waals surface area contributed by atoms with Crippen molar-refractivity contribution in [3.63, 3.8) is 0 Å². The molecule has 2 rings (SSSR count). The van der Waals surface area contributed by atoms with Crippen LogP contribution in [0.2, 0.25) is 0 Å². The lowest BCUT2D eigenvalue weighted by molar-refractivity contribution is -0.121. The van der Waals surface area contributed by atoms with Gasteiger partial charge in [-0.3, -0.25) is 4.79 Å². The molecule has 1 aromatic carbocycles. The van der Waals surface area contributed by atoms with Crippen LogP contribution in [0.1, 0.15) is 56.1 Å². The number of carbonyl (C=O) groups is 1. The molecule has 0 spiro atoms. The Morgan fingerprint density at radius 3 is 2.77 bits per heavy atom. The maximum absolute atomic E-state index is 12.2. The van der Waals surface area contributed by atoms with Crippen molar-refractivity contribution in [2.45, 2.75) is 51.9 Å². The van der Waals surface area contributed by atoms with Gasteiger partial charge in [-0.25, -0.2) is 0 Å². The molecule has 0 bridgehead atoms. The van der Waals surface area contributed by atoms with Gasteiger partial charge in [0.05, 0.1) is 0 Å². The molecule has 2 unspecified atom stereocenters. The van der Waals surface area contributed by atoms with Gasteiger partial charge < -0.3 is 10.6 Å². The van der Waals surface area contributed by atoms with Gasteiger partial charge in [0, 0.05) is 13.0 Å². The normalized spacial score (nSPS) is 19.6. The summed E-state index contributed by atoms with van der Waals surface area (Å²) in [5.74, 6) is 1.25. The smallest absolute Gasteiger partial charge is 0.220 e. The highest BCUT2D eigenvalue weighted by Crippen LogP contribution is 2.23. The third-order valence-corrected chi connectivity index (χ3v) is 4.75. The average Bonchev–Trinajstić information content (AvgIpc) is 2.54. The molecule has 0 aliphatic carbocycles. The van der Waals surface area contributed by atoms with E-state index < -0.39 is 0 Å². The van der Waals surface area contributed by atoms with Gasteiger partial charge >= 0.3 is 0 Å². The summed E-state index contributed by atoms with van der Waals surface area (Å²) in [6, 6.07) is 8.58. The van der Waals surface area contributed by atoms with Crippen LogP contribution < -0.4 is 10.6 Å². The summed E-state index contributed by atoms with van der Waals surface area (Å²) >= 11 is 0. The standard InChI is InChI=1S/C19H30N2O/c1-3-17(18-8-6-15(2)7-9-18)13-19(22)21-12-10-16-5-4-11-20-14-16/h6-9,16-17,20H,3-5,10-14H2,1-2H3,(H,21,22). The van der Waals surface area contributed by atoms with Gasteiger partial charge in [0.15, 0.2) is 0 Å². The van der Waals surface area contributed by atoms with E-state index in [0.29, 0.717) is 12.3 Å². The van der Waals surface area contributed by atoms with Gasteiger partial charge in [-0.05, 0) is 63.1 Å². The van der Waals surface area contributed by atoms with Gasteiger partial charge in [0.1, 0.15) is 0 Å². The summed E-state index contributed by atoms with van der Waals surface area (Å²) in [6.45, 7) is 7.33. The third kappa shape index (κ3) is 5.45. The second kappa shape index (κ2) is 8.94. The second-order valence-electron chi connectivity index (χ2n) is 6.57. The number of hydrogen-bond acceptors (Lipinski definition) is 2. The zero-order valence-electron chi connectivity index (χ0n) is 14.0. The molecule has 3 nitrogen and oxygen atoms in total. The highest BCUT2D eigenvalue weighted by molar-refractivity contribution is 5.76. The predicted molar refractivity (Wildman–Crippen MR) is 92.0 cm³/mol. The fourth-order valence-corrected chi connectivity index (χ4v) is 3.22. The summed E-state index contributed by atoms with van der Waals surface area (Å²) in [5.41, 5.74) is 2.55. The zero-order valence-corrected chi connectivity index (χ0v) is 14.0. The molecule has 0 saturated carbocycles. The molecule has 0 aromatic heterocycles. The van der Waals surface area contributed by atoms with Crippen LogP contribution in [-0.2, 0) is 4.79 Å². The highest BCUT2D eigenvalue weighted by Gasteiger charge is 2.16. The Labute approximate surface area is 134 Å². The molecule has 1 aliphatic rings. The van der Waals surface area contributed by atoms with Gasteiger partial charge in [-0.2, -0.15) is 0 Å². The van der Waals surface area contributed by atoms with Crippen molar-refractivity contribution < 1.29 is 4.79 Å². The molecule has 22 heavy (non-hydrogen) atoms. The van der Waals surface area contributed by atoms with Crippen LogP contribution in [-0.4, -0.2) is 25.5 Å². The van der Waals surface area contributed by atoms with E-state index in [4.69, 9.17) is 0 Å². The molecule has 1 aromatic rings. The van der Waals surface area contributed by atoms with Crippen LogP contribution >= 0.6 is 0 Å². The molecule has 2 N–H and O–H groups in total. The van der Waals surface area contributed by atoms with E-state index in [2.05, 4.69) is 48.7 Å². The Morgan fingerprint density at radius 1 is 1.36 bits per heavy atom. The van der Waals surface area contributed by atoms with Crippen molar-refractivity contribution in [3.8, 4) is 0 Å². The molecule has 1 aliphatic heterocycles. The Balaban J connectivity index is 1.73. The molecule has 1 heterocycles. The highest BCUT2D eigenvalue weighted by atomic mass is 16.1. The van der Waals surface area contributed by atoms with Crippen LogP contribution in [0.5, 0.6) is 0 Å². The Hall–Kier alpha value is -1.35. The van der Waals surface area contributed by atoms with Crippen molar-refractivity contribution in [3.05, 3.63) is 35.4 Å². The lowest BCUT2D eigenvalue weighted by Crippen LogP contribution is -2.33. The topological polar surface area (TPSA) is 41.1 Å². The van der Waals surface area contributed by atoms with E-state index in [9.17, 15) is 4.79 Å². The van der Waals surface area contributed by atoms with Crippen LogP contribution in [0.25, 0.3) is 0 Å². The Kier molecular flexibility index (Phi) is 6.91. The quantitative estimate of drug-likeness (QED) is 0.810. The number of aryl methyl sites for hydroxylation is 1. The fourth-order valence-electron chi connectivity index (χ4n) is 3.22. The lowest BCUT2D eigenvalue weighted by Gasteiger charge is -2.23. The molecule has 1 saturated heterocycles. The SMILES string of the molecule is CCC(CC(=O)NCCC1CCCNC1)c1ccc(C)cc1. The lowest BCUT2D eigenvalue weighted by atomic mass is 9.92. The maximum Gasteiger partial charge on any atom is 0.220 e. The molecule has 3 heteroatoms. The van der Waals surface area contributed by atoms with E-state index in [-0.39, 0.29) is 5.91 Å². The first-order valence-electron chi connectivity index (χ1n) is 8.73. The van der Waals surface area contributed by atoms with Crippen molar-refractivity contribution in [1.82, 2.24) is 10.6 Å². The molecule has 122 valence electrons. The summed E-state index contributed by atoms with van der Waals surface area (Å²) in [6.07, 6.45) is 5.26. The Morgan fingerprint density at radius 2 is 2.14 bits per heavy atom. The van der Waals surface area contributed by atoms with Gasteiger partial charge in [0.25, 0.3) is 0 Å². The molecule has 1 amide bonds. The maximum atomic E-state index is 12.2. The molecule has 1 fully saturated rings. The zero-order chi connectivity index (χ0) is 15.8. The van der Waals surface area contributed by atoms with Crippen LogP contribution in [0.15, 0.2) is 24.3 Å². The number of hydrogen-bond donors (Lipinski definition) is 2. The van der Waals surface area contributed by atoms with Crippen LogP contribution in [0.4, 0.5) is 0 Å². The molecule has 2 atom stereocenters. The monoisotopic (exact) mass is 302 g/mol. The first-order valence-corrected chi connectivity index (χ1v) is 8.73. The van der Waals surface area contributed by atoms with Gasteiger partial charge in [-0.15, -0.1) is 0 Å². The fraction of sp³-hybridized carbons (Fsp3) is 0.632. The number of rotatable bonds is 7. The minimum atomic E-state index is 0.191. The first-order chi connectivity index (χ1) is 10.7. The van der Waals surface area contributed by atoms with E-state index >= 15 is 0 Å². The third-order valence-electron chi connectivity index (χ3n) is 4.75. The molecule has 0 radical (unpaired) electrons. The number of piperidine rings is 1. The van der Waals surface area contributed by atoms with E-state index in [1.54, 1.807) is 0 Å². The largest absolute Gasteiger partial charge is 0.356 e. The summed E-state index contributed by atoms with van der Waals surface area (Å²) in [4.78, 5) is 12.2. The molecular weight excluding hydrogens is 272 g/mol. The van der Waals surface area contributed by atoms with Gasteiger partial charge in [0.2, 0.25) is 5.91 Å². The summed E-state index contributed by atoms with van der Waals surface area (Å²) < 4.78 is 0. The van der Waals surface area contributed by atoms with E-state index in [1.165, 1.54) is 24.0 Å². The van der Waals surface area contributed by atoms with Crippen molar-refractivity contribution in [2.75, 3.05) is 19.6 Å². The number of carbonyl (C=O) groups excluding carboxylic acids is 1. The summed E-state index contributed by atoms with van der Waals surface area (Å²) in [5, 5.41) is 6.54. The minimum Gasteiger partial charge on any atom is -0.356 e. The second-order valence-corrected chi connectivity index (χ2v) is 6.57. The van der Waals surface area contributed by atoms with E-state index in [1.807, 2.05) is 0 Å². The van der Waals surface area contributed by atoms with Crippen molar-refractivity contribution >= 4 is 5.91 Å².